The average Bonchev–Trinajstić information content (AvgIpc) is 1.70. The van der Waals surface area contributed by atoms with Crippen molar-refractivity contribution >= 4 is 68.4 Å². The van der Waals surface area contributed by atoms with Crippen molar-refractivity contribution in [3.05, 3.63) is 179 Å². The third kappa shape index (κ3) is 15.7. The molecule has 117 heavy (non-hydrogen) atoms. The van der Waals surface area contributed by atoms with E-state index in [-0.39, 0.29) is 87.7 Å². The number of nitrogens with zero attached hydrogens (tertiary/aromatic N) is 21. The molecule has 9 aromatic heterocycles. The molecule has 9 atom stereocenters. The first kappa shape index (κ1) is 80.3. The van der Waals surface area contributed by atoms with Gasteiger partial charge in [0.1, 0.15) is 68.6 Å². The highest BCUT2D eigenvalue weighted by Crippen LogP contribution is 2.42. The number of imidazole rings is 3. The lowest BCUT2D eigenvalue weighted by Crippen LogP contribution is -2.46. The van der Waals surface area contributed by atoms with Crippen LogP contribution in [0.1, 0.15) is 173 Å². The Morgan fingerprint density at radius 3 is 0.829 bits per heavy atom. The highest BCUT2D eigenvalue weighted by molar-refractivity contribution is 5.85. The monoisotopic (exact) mass is 1600 g/mol. The van der Waals surface area contributed by atoms with Crippen LogP contribution in [0.4, 0.5) is 61.6 Å². The molecule has 30 heteroatoms. The number of piperazine rings is 3. The number of likely N-dealkylation sites (tertiary alicyclic amines) is 6. The minimum absolute atomic E-state index is 0.0120. The summed E-state index contributed by atoms with van der Waals surface area (Å²) in [4.78, 5) is 67.7. The highest BCUT2D eigenvalue weighted by Gasteiger charge is 2.47. The van der Waals surface area contributed by atoms with Crippen molar-refractivity contribution in [2.24, 2.45) is 0 Å². The number of anilines is 6. The van der Waals surface area contributed by atoms with Crippen molar-refractivity contribution in [1.82, 2.24) is 103 Å². The lowest BCUT2D eigenvalue weighted by atomic mass is 10.1. The lowest BCUT2D eigenvalue weighted by molar-refractivity contribution is 0.101. The minimum Gasteiger partial charge on any atom is -0.326 e. The van der Waals surface area contributed by atoms with Gasteiger partial charge in [-0.1, -0.05) is 39.0 Å². The zero-order valence-electron chi connectivity index (χ0n) is 69.0. The van der Waals surface area contributed by atoms with E-state index < -0.39 is 34.9 Å². The first-order valence-electron chi connectivity index (χ1n) is 41.0. The van der Waals surface area contributed by atoms with Crippen LogP contribution in [0.25, 0.3) is 66.9 Å². The summed E-state index contributed by atoms with van der Waals surface area (Å²) in [7, 11) is 0. The number of hydrogen-bond donors (Lipinski definition) is 3. The SMILES string of the molecule is CCN1CC2CC1CN2C(C)c1ccc(Nc2ncc(F)c(-c3cc(F)c4nc(C)n(C(C)C)c4c3)n2)nc1.CCN1CC2CC1CN2[C@@H](C)c1ccc(Nc2ncc(F)c(-c3cc(F)c4nc(C)n(C(C)C)c4c3)n2)nc1.CCN1CC2CC1CN2[C@H](C)c1ccc(Nc2ncc(F)c(-c3cc(F)c4nc(C)n(C(C)C)c4c3)n2)nc1. The minimum atomic E-state index is -0.634. The number of halogens is 6. The van der Waals surface area contributed by atoms with Crippen LogP contribution >= 0.6 is 0 Å². The van der Waals surface area contributed by atoms with Crippen LogP contribution in [0.3, 0.4) is 0 Å². The van der Waals surface area contributed by atoms with Crippen molar-refractivity contribution in [3.63, 3.8) is 0 Å². The van der Waals surface area contributed by atoms with Crippen LogP contribution < -0.4 is 16.0 Å². The molecule has 0 aliphatic carbocycles. The first-order chi connectivity index (χ1) is 56.2. The summed E-state index contributed by atoms with van der Waals surface area (Å²) in [6.45, 7) is 40.9. The predicted octanol–water partition coefficient (Wildman–Crippen LogP) is 16.9. The zero-order chi connectivity index (χ0) is 82.3. The van der Waals surface area contributed by atoms with Crippen LogP contribution in [0.15, 0.2) is 110 Å². The molecule has 0 amide bonds. The maximum Gasteiger partial charge on any atom is 0.229 e. The smallest absolute Gasteiger partial charge is 0.229 e. The third-order valence-corrected chi connectivity index (χ3v) is 24.8. The number of aromatic nitrogens is 15. The fourth-order valence-corrected chi connectivity index (χ4v) is 19.1. The molecular weight excluding hydrogens is 1500 g/mol. The molecular formula is C87H102F6N24. The molecule has 15 heterocycles. The Hall–Kier alpha value is -10.5. The molecule has 6 saturated heterocycles. The molecule has 0 radical (unpaired) electrons. The molecule has 6 bridgehead atoms. The summed E-state index contributed by atoms with van der Waals surface area (Å²) in [5.74, 6) is 0.868. The Kier molecular flexibility index (Phi) is 22.5. The zero-order valence-corrected chi connectivity index (χ0v) is 69.0. The van der Waals surface area contributed by atoms with Gasteiger partial charge in [0.15, 0.2) is 34.9 Å². The molecule has 7 unspecified atom stereocenters. The lowest BCUT2D eigenvalue weighted by Gasteiger charge is -2.37. The van der Waals surface area contributed by atoms with Crippen LogP contribution in [0.5, 0.6) is 0 Å². The van der Waals surface area contributed by atoms with E-state index in [1.54, 1.807) is 18.2 Å². The van der Waals surface area contributed by atoms with Crippen molar-refractivity contribution < 1.29 is 26.3 Å². The number of rotatable bonds is 21. The van der Waals surface area contributed by atoms with Crippen molar-refractivity contribution in [2.75, 3.05) is 74.9 Å². The fourth-order valence-electron chi connectivity index (χ4n) is 19.1. The number of nitrogens with one attached hydrogen (secondary N) is 3. The molecule has 0 spiro atoms. The number of likely N-dealkylation sites (N-methyl/N-ethyl adjacent to an activating group) is 3. The van der Waals surface area contributed by atoms with E-state index in [0.717, 1.165) is 94.2 Å². The summed E-state index contributed by atoms with van der Waals surface area (Å²) in [6.07, 6.45) is 12.6. The van der Waals surface area contributed by atoms with Gasteiger partial charge in [-0.05, 0) is 193 Å². The van der Waals surface area contributed by atoms with Gasteiger partial charge in [-0.15, -0.1) is 0 Å². The van der Waals surface area contributed by atoms with Gasteiger partial charge in [0, 0.05) is 147 Å². The molecule has 6 fully saturated rings. The van der Waals surface area contributed by atoms with E-state index in [1.165, 1.54) is 37.5 Å². The topological polar surface area (TPSA) is 225 Å². The maximum absolute atomic E-state index is 15.0. The van der Waals surface area contributed by atoms with Crippen molar-refractivity contribution in [1.29, 1.82) is 0 Å². The molecule has 3 aromatic carbocycles. The highest BCUT2D eigenvalue weighted by atomic mass is 19.1. The quantitative estimate of drug-likeness (QED) is 0.0569. The molecule has 3 N–H and O–H groups in total. The van der Waals surface area contributed by atoms with E-state index in [1.807, 2.05) is 113 Å². The van der Waals surface area contributed by atoms with Gasteiger partial charge in [0.05, 0.1) is 35.1 Å². The van der Waals surface area contributed by atoms with Gasteiger partial charge in [0.2, 0.25) is 17.8 Å². The molecule has 612 valence electrons. The standard InChI is InChI=1S/3C29H34F2N8/c3*1-6-37-14-22-11-21(37)15-38(22)17(4)19-7-8-26(32-12-19)35-29-33-13-24(31)27(36-29)20-9-23(30)28-25(10-20)39(16(2)3)18(5)34-28/h3*7-10,12-13,16-17,21-22H,6,11,14-15H2,1-5H3,(H,32,33,35,36)/t2*17-,21?,22?;/m10./s1. The Bertz CT molecular complexity index is 5090. The first-order valence-corrected chi connectivity index (χ1v) is 41.0. The summed E-state index contributed by atoms with van der Waals surface area (Å²) in [5.41, 5.74) is 7.05. The normalized spacial score (nSPS) is 20.4. The van der Waals surface area contributed by atoms with E-state index >= 15 is 0 Å². The number of aryl methyl sites for hydroxylation is 3. The Balaban J connectivity index is 0.000000131. The van der Waals surface area contributed by atoms with Crippen molar-refractivity contribution in [3.8, 4) is 33.8 Å². The number of hydrogen-bond acceptors (Lipinski definition) is 21. The van der Waals surface area contributed by atoms with Gasteiger partial charge in [0.25, 0.3) is 0 Å². The molecule has 12 aromatic rings. The summed E-state index contributed by atoms with van der Waals surface area (Å²) in [6, 6.07) is 25.7. The Morgan fingerprint density at radius 1 is 0.333 bits per heavy atom. The summed E-state index contributed by atoms with van der Waals surface area (Å²) >= 11 is 0. The van der Waals surface area contributed by atoms with E-state index in [9.17, 15) is 26.3 Å². The molecule has 6 aliphatic rings. The summed E-state index contributed by atoms with van der Waals surface area (Å²) in [5, 5.41) is 9.21. The Morgan fingerprint density at radius 2 is 0.607 bits per heavy atom. The molecule has 18 rings (SSSR count). The third-order valence-electron chi connectivity index (χ3n) is 24.8. The number of pyridine rings is 3. The van der Waals surface area contributed by atoms with Gasteiger partial charge in [-0.2, -0.15) is 0 Å². The molecule has 0 saturated carbocycles. The van der Waals surface area contributed by atoms with Gasteiger partial charge >= 0.3 is 0 Å². The van der Waals surface area contributed by atoms with Crippen LogP contribution in [-0.2, 0) is 0 Å². The number of benzene rings is 3. The van der Waals surface area contributed by atoms with Crippen LogP contribution in [-0.4, -0.2) is 198 Å². The summed E-state index contributed by atoms with van der Waals surface area (Å²) < 4.78 is 95.4. The number of fused-ring (bicyclic) bond motifs is 9. The van der Waals surface area contributed by atoms with E-state index in [4.69, 9.17) is 0 Å². The second kappa shape index (κ2) is 32.8. The van der Waals surface area contributed by atoms with E-state index in [2.05, 4.69) is 165 Å². The van der Waals surface area contributed by atoms with Gasteiger partial charge < -0.3 is 29.7 Å². The Labute approximate surface area is 677 Å². The van der Waals surface area contributed by atoms with E-state index in [0.29, 0.717) is 104 Å². The van der Waals surface area contributed by atoms with Gasteiger partial charge in [-0.3, -0.25) is 29.4 Å². The largest absolute Gasteiger partial charge is 0.326 e. The van der Waals surface area contributed by atoms with Gasteiger partial charge in [-0.25, -0.2) is 86.2 Å². The van der Waals surface area contributed by atoms with Crippen molar-refractivity contribution in [2.45, 2.75) is 196 Å². The predicted molar refractivity (Wildman–Crippen MR) is 444 cm³/mol. The second-order valence-electron chi connectivity index (χ2n) is 32.8. The maximum atomic E-state index is 15.0. The van der Waals surface area contributed by atoms with Crippen LogP contribution in [0.2, 0.25) is 0 Å². The molecule has 24 nitrogen and oxygen atoms in total. The fraction of sp³-hybridized carbons (Fsp3) is 0.448. The second-order valence-corrected chi connectivity index (χ2v) is 32.8. The van der Waals surface area contributed by atoms with Crippen LogP contribution in [0, 0.1) is 55.7 Å². The molecule has 6 aliphatic heterocycles. The average molecular weight is 1600 g/mol.